The largest absolute Gasteiger partial charge is 0.493 e. The Balaban J connectivity index is 2.24. The summed E-state index contributed by atoms with van der Waals surface area (Å²) in [4.78, 5) is 12.4. The summed E-state index contributed by atoms with van der Waals surface area (Å²) >= 11 is 6.79. The molecule has 0 aliphatic carbocycles. The van der Waals surface area contributed by atoms with E-state index >= 15 is 0 Å². The molecule has 1 N–H and O–H groups in total. The standard InChI is InChI=1S/C16H15Br2NO3/c1-3-22-14-7-4-10(8-15(14)21-2)16(20)19-13-9-11(17)5-6-12(13)18/h4-9H,3H2,1-2H3,(H,19,20). The van der Waals surface area contributed by atoms with Crippen LogP contribution in [-0.4, -0.2) is 19.6 Å². The van der Waals surface area contributed by atoms with Gasteiger partial charge in [0.05, 0.1) is 19.4 Å². The maximum absolute atomic E-state index is 12.4. The van der Waals surface area contributed by atoms with Gasteiger partial charge >= 0.3 is 0 Å². The first-order valence-electron chi connectivity index (χ1n) is 6.62. The lowest BCUT2D eigenvalue weighted by Gasteiger charge is -2.12. The lowest BCUT2D eigenvalue weighted by Crippen LogP contribution is -2.12. The minimum absolute atomic E-state index is 0.222. The van der Waals surface area contributed by atoms with Crippen molar-refractivity contribution < 1.29 is 14.3 Å². The molecule has 22 heavy (non-hydrogen) atoms. The first-order chi connectivity index (χ1) is 10.5. The van der Waals surface area contributed by atoms with Gasteiger partial charge in [0.1, 0.15) is 0 Å². The monoisotopic (exact) mass is 427 g/mol. The maximum atomic E-state index is 12.4. The third-order valence-electron chi connectivity index (χ3n) is 2.90. The van der Waals surface area contributed by atoms with Gasteiger partial charge in [0.15, 0.2) is 11.5 Å². The molecule has 0 aromatic heterocycles. The molecule has 0 heterocycles. The van der Waals surface area contributed by atoms with Crippen LogP contribution in [0.15, 0.2) is 45.3 Å². The van der Waals surface area contributed by atoms with E-state index in [1.54, 1.807) is 25.3 Å². The molecule has 1 amide bonds. The van der Waals surface area contributed by atoms with Crippen LogP contribution in [0.5, 0.6) is 11.5 Å². The molecule has 2 aromatic rings. The Hall–Kier alpha value is -1.53. The first kappa shape index (κ1) is 16.8. The smallest absolute Gasteiger partial charge is 0.255 e. The van der Waals surface area contributed by atoms with Gasteiger partial charge in [-0.05, 0) is 59.3 Å². The summed E-state index contributed by atoms with van der Waals surface area (Å²) in [5.74, 6) is 0.924. The maximum Gasteiger partial charge on any atom is 0.255 e. The molecule has 4 nitrogen and oxygen atoms in total. The van der Waals surface area contributed by atoms with Gasteiger partial charge in [0.2, 0.25) is 0 Å². The summed E-state index contributed by atoms with van der Waals surface area (Å²) in [6, 6.07) is 10.7. The summed E-state index contributed by atoms with van der Waals surface area (Å²) < 4.78 is 12.4. The Morgan fingerprint density at radius 3 is 2.59 bits per heavy atom. The molecule has 0 spiro atoms. The number of nitrogens with one attached hydrogen (secondary N) is 1. The van der Waals surface area contributed by atoms with Crippen molar-refractivity contribution in [3.63, 3.8) is 0 Å². The second-order valence-corrected chi connectivity index (χ2v) is 6.15. The summed E-state index contributed by atoms with van der Waals surface area (Å²) in [5.41, 5.74) is 1.18. The van der Waals surface area contributed by atoms with Gasteiger partial charge in [-0.15, -0.1) is 0 Å². The molecule has 2 aromatic carbocycles. The highest BCUT2D eigenvalue weighted by atomic mass is 79.9. The SMILES string of the molecule is CCOc1ccc(C(=O)Nc2cc(Br)ccc2Br)cc1OC. The Morgan fingerprint density at radius 1 is 1.14 bits per heavy atom. The van der Waals surface area contributed by atoms with Crippen molar-refractivity contribution in [2.75, 3.05) is 19.0 Å². The molecular weight excluding hydrogens is 414 g/mol. The number of hydrogen-bond acceptors (Lipinski definition) is 3. The molecule has 0 saturated carbocycles. The van der Waals surface area contributed by atoms with Crippen LogP contribution in [0, 0.1) is 0 Å². The Kier molecular flexibility index (Phi) is 5.85. The van der Waals surface area contributed by atoms with Gasteiger partial charge < -0.3 is 14.8 Å². The van der Waals surface area contributed by atoms with Gasteiger partial charge in [0, 0.05) is 14.5 Å². The number of methoxy groups -OCH3 is 1. The highest BCUT2D eigenvalue weighted by molar-refractivity contribution is 9.11. The zero-order valence-corrected chi connectivity index (χ0v) is 15.3. The molecule has 6 heteroatoms. The van der Waals surface area contributed by atoms with Crippen LogP contribution in [0.25, 0.3) is 0 Å². The third kappa shape index (κ3) is 4.01. The van der Waals surface area contributed by atoms with Crippen LogP contribution in [0.2, 0.25) is 0 Å². The highest BCUT2D eigenvalue weighted by Crippen LogP contribution is 2.30. The average Bonchev–Trinajstić information content (AvgIpc) is 2.51. The Bertz CT molecular complexity index is 689. The van der Waals surface area contributed by atoms with Gasteiger partial charge in [-0.2, -0.15) is 0 Å². The number of benzene rings is 2. The van der Waals surface area contributed by atoms with E-state index in [9.17, 15) is 4.79 Å². The van der Waals surface area contributed by atoms with E-state index in [-0.39, 0.29) is 5.91 Å². The molecule has 0 aliphatic rings. The van der Waals surface area contributed by atoms with E-state index in [0.29, 0.717) is 29.4 Å². The minimum Gasteiger partial charge on any atom is -0.493 e. The average molecular weight is 429 g/mol. The topological polar surface area (TPSA) is 47.6 Å². The second kappa shape index (κ2) is 7.65. The molecule has 0 saturated heterocycles. The second-order valence-electron chi connectivity index (χ2n) is 4.38. The van der Waals surface area contributed by atoms with Gasteiger partial charge in [0.25, 0.3) is 5.91 Å². The number of rotatable bonds is 5. The van der Waals surface area contributed by atoms with Crippen molar-refractivity contribution in [2.24, 2.45) is 0 Å². The van der Waals surface area contributed by atoms with Gasteiger partial charge in [-0.3, -0.25) is 4.79 Å². The van der Waals surface area contributed by atoms with E-state index in [2.05, 4.69) is 37.2 Å². The van der Waals surface area contributed by atoms with Crippen molar-refractivity contribution in [3.8, 4) is 11.5 Å². The van der Waals surface area contributed by atoms with E-state index in [1.807, 2.05) is 25.1 Å². The van der Waals surface area contributed by atoms with E-state index in [4.69, 9.17) is 9.47 Å². The van der Waals surface area contributed by atoms with Crippen LogP contribution < -0.4 is 14.8 Å². The van der Waals surface area contributed by atoms with E-state index < -0.39 is 0 Å². The number of carbonyl (C=O) groups excluding carboxylic acids is 1. The first-order valence-corrected chi connectivity index (χ1v) is 8.21. The number of ether oxygens (including phenoxy) is 2. The number of amides is 1. The summed E-state index contributed by atoms with van der Waals surface area (Å²) in [5, 5.41) is 2.86. The predicted molar refractivity (Wildman–Crippen MR) is 94.0 cm³/mol. The third-order valence-corrected chi connectivity index (χ3v) is 4.09. The van der Waals surface area contributed by atoms with Crippen LogP contribution in [0.4, 0.5) is 5.69 Å². The lowest BCUT2D eigenvalue weighted by atomic mass is 10.2. The van der Waals surface area contributed by atoms with Crippen molar-refractivity contribution in [2.45, 2.75) is 6.92 Å². The molecule has 0 fully saturated rings. The summed E-state index contributed by atoms with van der Waals surface area (Å²) in [7, 11) is 1.55. The van der Waals surface area contributed by atoms with Crippen LogP contribution in [0.1, 0.15) is 17.3 Å². The zero-order chi connectivity index (χ0) is 16.1. The number of carbonyl (C=O) groups is 1. The fourth-order valence-corrected chi connectivity index (χ4v) is 2.58. The Morgan fingerprint density at radius 2 is 1.91 bits per heavy atom. The van der Waals surface area contributed by atoms with E-state index in [0.717, 1.165) is 8.95 Å². The van der Waals surface area contributed by atoms with Gasteiger partial charge in [-0.1, -0.05) is 15.9 Å². The summed E-state index contributed by atoms with van der Waals surface area (Å²) in [6.45, 7) is 2.43. The molecule has 116 valence electrons. The highest BCUT2D eigenvalue weighted by Gasteiger charge is 2.12. The fraction of sp³-hybridized carbons (Fsp3) is 0.188. The van der Waals surface area contributed by atoms with Gasteiger partial charge in [-0.25, -0.2) is 0 Å². The fourth-order valence-electron chi connectivity index (χ4n) is 1.87. The molecule has 0 bridgehead atoms. The number of halogens is 2. The van der Waals surface area contributed by atoms with E-state index in [1.165, 1.54) is 0 Å². The number of anilines is 1. The molecule has 0 atom stereocenters. The molecular formula is C16H15Br2NO3. The lowest BCUT2D eigenvalue weighted by molar-refractivity contribution is 0.102. The molecule has 2 rings (SSSR count). The van der Waals surface area contributed by atoms with Crippen molar-refractivity contribution in [1.82, 2.24) is 0 Å². The quantitative estimate of drug-likeness (QED) is 0.738. The predicted octanol–water partition coefficient (Wildman–Crippen LogP) is 4.87. The molecule has 0 aliphatic heterocycles. The van der Waals surface area contributed by atoms with Crippen molar-refractivity contribution >= 4 is 43.5 Å². The zero-order valence-electron chi connectivity index (χ0n) is 12.2. The number of hydrogen-bond donors (Lipinski definition) is 1. The molecule has 0 radical (unpaired) electrons. The van der Waals surface area contributed by atoms with Crippen LogP contribution in [-0.2, 0) is 0 Å². The minimum atomic E-state index is -0.222. The van der Waals surface area contributed by atoms with Crippen molar-refractivity contribution in [1.29, 1.82) is 0 Å². The van der Waals surface area contributed by atoms with Crippen molar-refractivity contribution in [3.05, 3.63) is 50.9 Å². The summed E-state index contributed by atoms with van der Waals surface area (Å²) in [6.07, 6.45) is 0. The molecule has 0 unspecified atom stereocenters. The van der Waals surface area contributed by atoms with Crippen LogP contribution in [0.3, 0.4) is 0 Å². The van der Waals surface area contributed by atoms with Crippen LogP contribution >= 0.6 is 31.9 Å². The normalized spacial score (nSPS) is 10.2. The Labute approximate surface area is 146 Å².